The van der Waals surface area contributed by atoms with Gasteiger partial charge in [-0.3, -0.25) is 14.9 Å². The number of carbonyl (C=O) groups excluding carboxylic acids is 1. The summed E-state index contributed by atoms with van der Waals surface area (Å²) in [6.07, 6.45) is 7.13. The van der Waals surface area contributed by atoms with Crippen LogP contribution in [0.25, 0.3) is 45.0 Å². The number of nitrogens with one attached hydrogen (secondary N) is 3. The number of piperazine rings is 1. The van der Waals surface area contributed by atoms with Gasteiger partial charge >= 0.3 is 0 Å². The molecule has 186 valence electrons. The Morgan fingerprint density at radius 1 is 1.05 bits per heavy atom. The molecule has 5 aromatic rings. The summed E-state index contributed by atoms with van der Waals surface area (Å²) in [6, 6.07) is 7.79. The molecule has 1 aliphatic carbocycles. The number of likely N-dealkylation sites (N-methyl/N-ethyl adjacent to an activating group) is 1. The van der Waals surface area contributed by atoms with E-state index in [9.17, 15) is 4.79 Å². The lowest BCUT2D eigenvalue weighted by Crippen LogP contribution is -2.44. The Bertz CT molecular complexity index is 1630. The second kappa shape index (κ2) is 8.63. The highest BCUT2D eigenvalue weighted by atomic mass is 16.2. The molecule has 1 saturated heterocycles. The van der Waals surface area contributed by atoms with Gasteiger partial charge in [-0.2, -0.15) is 5.10 Å². The van der Waals surface area contributed by atoms with Crippen LogP contribution in [-0.2, 0) is 4.79 Å². The first-order valence-corrected chi connectivity index (χ1v) is 12.5. The fraction of sp³-hybridized carbons (Fsp3) is 0.308. The Hall–Kier alpha value is -4.38. The Morgan fingerprint density at radius 3 is 2.76 bits per heavy atom. The molecule has 11 nitrogen and oxygen atoms in total. The van der Waals surface area contributed by atoms with Gasteiger partial charge in [0.2, 0.25) is 5.91 Å². The zero-order valence-corrected chi connectivity index (χ0v) is 20.4. The minimum Gasteiger partial charge on any atom is -0.367 e. The van der Waals surface area contributed by atoms with E-state index in [0.717, 1.165) is 72.6 Å². The summed E-state index contributed by atoms with van der Waals surface area (Å²) < 4.78 is 0. The van der Waals surface area contributed by atoms with Crippen LogP contribution < -0.4 is 10.2 Å². The number of H-pyrrole nitrogens is 2. The van der Waals surface area contributed by atoms with E-state index in [1.54, 1.807) is 12.4 Å². The van der Waals surface area contributed by atoms with Crippen molar-refractivity contribution in [3.63, 3.8) is 0 Å². The van der Waals surface area contributed by atoms with Crippen molar-refractivity contribution < 1.29 is 4.79 Å². The van der Waals surface area contributed by atoms with Crippen LogP contribution in [0.2, 0.25) is 0 Å². The fourth-order valence-corrected chi connectivity index (χ4v) is 4.78. The van der Waals surface area contributed by atoms with Crippen molar-refractivity contribution in [1.29, 1.82) is 0 Å². The number of carbonyl (C=O) groups is 1. The van der Waals surface area contributed by atoms with Crippen LogP contribution >= 0.6 is 0 Å². The van der Waals surface area contributed by atoms with Gasteiger partial charge in [0.15, 0.2) is 17.2 Å². The van der Waals surface area contributed by atoms with Crippen LogP contribution in [0.4, 0.5) is 11.4 Å². The second-order valence-electron chi connectivity index (χ2n) is 9.79. The van der Waals surface area contributed by atoms with Gasteiger partial charge in [-0.15, -0.1) is 0 Å². The summed E-state index contributed by atoms with van der Waals surface area (Å²) in [6.45, 7) is 3.92. The Balaban J connectivity index is 1.24. The lowest BCUT2D eigenvalue weighted by molar-refractivity contribution is -0.117. The van der Waals surface area contributed by atoms with Gasteiger partial charge in [0.1, 0.15) is 11.0 Å². The minimum absolute atomic E-state index is 0.0499. The summed E-state index contributed by atoms with van der Waals surface area (Å²) in [7, 11) is 2.15. The lowest BCUT2D eigenvalue weighted by Gasteiger charge is -2.33. The van der Waals surface area contributed by atoms with Gasteiger partial charge in [-0.1, -0.05) is 0 Å². The zero-order valence-electron chi connectivity index (χ0n) is 20.4. The summed E-state index contributed by atoms with van der Waals surface area (Å²) >= 11 is 0. The first-order valence-electron chi connectivity index (χ1n) is 12.5. The first-order chi connectivity index (χ1) is 18.1. The number of aromatic amines is 2. The summed E-state index contributed by atoms with van der Waals surface area (Å²) in [5, 5.41) is 10.6. The number of anilines is 2. The Kier molecular flexibility index (Phi) is 5.10. The van der Waals surface area contributed by atoms with E-state index in [1.807, 2.05) is 30.5 Å². The third-order valence-electron chi connectivity index (χ3n) is 7.09. The smallest absolute Gasteiger partial charge is 0.227 e. The molecule has 6 heterocycles. The monoisotopic (exact) mass is 494 g/mol. The molecule has 2 aliphatic rings. The number of hydrogen-bond acceptors (Lipinski definition) is 8. The quantitative estimate of drug-likeness (QED) is 0.340. The van der Waals surface area contributed by atoms with E-state index >= 15 is 0 Å². The molecule has 1 aliphatic heterocycles. The average Bonchev–Trinajstić information content (AvgIpc) is 3.55. The molecule has 0 unspecified atom stereocenters. The van der Waals surface area contributed by atoms with Crippen molar-refractivity contribution in [2.24, 2.45) is 5.92 Å². The number of hydrogen-bond donors (Lipinski definition) is 3. The molecule has 0 bridgehead atoms. The van der Waals surface area contributed by atoms with Crippen molar-refractivity contribution in [3.8, 4) is 22.8 Å². The van der Waals surface area contributed by atoms with Crippen LogP contribution in [0.1, 0.15) is 12.8 Å². The van der Waals surface area contributed by atoms with Gasteiger partial charge in [-0.25, -0.2) is 15.0 Å². The van der Waals surface area contributed by atoms with E-state index in [-0.39, 0.29) is 11.8 Å². The predicted molar refractivity (Wildman–Crippen MR) is 141 cm³/mol. The maximum Gasteiger partial charge on any atom is 0.227 e. The number of amides is 1. The maximum absolute atomic E-state index is 12.2. The maximum atomic E-state index is 12.2. The van der Waals surface area contributed by atoms with E-state index in [4.69, 9.17) is 9.97 Å². The van der Waals surface area contributed by atoms with Crippen LogP contribution in [0.5, 0.6) is 0 Å². The van der Waals surface area contributed by atoms with Crippen molar-refractivity contribution >= 4 is 39.5 Å². The van der Waals surface area contributed by atoms with Crippen molar-refractivity contribution in [1.82, 2.24) is 40.0 Å². The standard InChI is InChI=1S/C26H26N10O/c1-35-8-10-36(11-9-35)20-6-7-28-24-22(20)31-25(32-24)23-21-19(33-34-23)5-4-18(30-21)16-12-17(14-27-13-16)29-26(37)15-2-3-15/h4-7,12-15H,2-3,8-11H2,1H3,(H,29,37)(H,33,34)(H,28,31,32). The number of nitrogens with zero attached hydrogens (tertiary/aromatic N) is 7. The van der Waals surface area contributed by atoms with Gasteiger partial charge in [-0.05, 0) is 44.2 Å². The molecule has 7 rings (SSSR count). The third-order valence-corrected chi connectivity index (χ3v) is 7.09. The van der Waals surface area contributed by atoms with Crippen molar-refractivity contribution in [2.75, 3.05) is 43.4 Å². The van der Waals surface area contributed by atoms with Crippen LogP contribution in [0, 0.1) is 5.92 Å². The van der Waals surface area contributed by atoms with Gasteiger partial charge in [0, 0.05) is 50.1 Å². The summed E-state index contributed by atoms with van der Waals surface area (Å²) in [5.41, 5.74) is 6.98. The second-order valence-corrected chi connectivity index (χ2v) is 9.79. The van der Waals surface area contributed by atoms with Crippen molar-refractivity contribution in [3.05, 3.63) is 42.9 Å². The molecule has 1 saturated carbocycles. The molecule has 5 aromatic heterocycles. The molecule has 1 amide bonds. The van der Waals surface area contributed by atoms with E-state index in [1.165, 1.54) is 0 Å². The largest absolute Gasteiger partial charge is 0.367 e. The SMILES string of the molecule is CN1CCN(c2ccnc3[nH]c(-c4n[nH]c5ccc(-c6cncc(NC(=O)C7CC7)c6)nc45)nc23)CC1. The molecule has 0 aromatic carbocycles. The number of imidazole rings is 1. The van der Waals surface area contributed by atoms with E-state index in [0.29, 0.717) is 22.7 Å². The van der Waals surface area contributed by atoms with E-state index < -0.39 is 0 Å². The van der Waals surface area contributed by atoms with Crippen LogP contribution in [0.15, 0.2) is 42.9 Å². The van der Waals surface area contributed by atoms with Gasteiger partial charge in [0.05, 0.1) is 28.8 Å². The zero-order chi connectivity index (χ0) is 24.9. The Labute approximate surface area is 212 Å². The molecule has 3 N–H and O–H groups in total. The number of rotatable bonds is 5. The fourth-order valence-electron chi connectivity index (χ4n) is 4.78. The Morgan fingerprint density at radius 2 is 1.92 bits per heavy atom. The topological polar surface area (TPSA) is 132 Å². The van der Waals surface area contributed by atoms with Crippen LogP contribution in [-0.4, -0.2) is 79.2 Å². The van der Waals surface area contributed by atoms with E-state index in [2.05, 4.69) is 47.3 Å². The summed E-state index contributed by atoms with van der Waals surface area (Å²) in [4.78, 5) is 38.9. The highest BCUT2D eigenvalue weighted by Crippen LogP contribution is 2.32. The molecule has 0 radical (unpaired) electrons. The number of aromatic nitrogens is 7. The molecular weight excluding hydrogens is 468 g/mol. The normalized spacial score (nSPS) is 16.5. The molecule has 0 atom stereocenters. The first kappa shape index (κ1) is 21.9. The number of pyridine rings is 3. The minimum atomic E-state index is 0.0499. The molecule has 37 heavy (non-hydrogen) atoms. The number of fused-ring (bicyclic) bond motifs is 2. The van der Waals surface area contributed by atoms with Gasteiger partial charge < -0.3 is 20.1 Å². The molecule has 2 fully saturated rings. The summed E-state index contributed by atoms with van der Waals surface area (Å²) in [5.74, 6) is 0.791. The molecule has 0 spiro atoms. The highest BCUT2D eigenvalue weighted by molar-refractivity contribution is 5.95. The molecule has 11 heteroatoms. The van der Waals surface area contributed by atoms with Gasteiger partial charge in [0.25, 0.3) is 0 Å². The molecular formula is C26H26N10O. The third kappa shape index (κ3) is 4.06. The van der Waals surface area contributed by atoms with Crippen molar-refractivity contribution in [2.45, 2.75) is 12.8 Å². The highest BCUT2D eigenvalue weighted by Gasteiger charge is 2.29. The average molecular weight is 495 g/mol. The van der Waals surface area contributed by atoms with Crippen LogP contribution in [0.3, 0.4) is 0 Å². The predicted octanol–water partition coefficient (Wildman–Crippen LogP) is 3.06. The lowest BCUT2D eigenvalue weighted by atomic mass is 10.1.